The van der Waals surface area contributed by atoms with Crippen LogP contribution in [0.15, 0.2) is 24.4 Å². The lowest BCUT2D eigenvalue weighted by Crippen LogP contribution is -2.25. The summed E-state index contributed by atoms with van der Waals surface area (Å²) in [4.78, 5) is 4.00. The van der Waals surface area contributed by atoms with Crippen LogP contribution in [-0.2, 0) is 0 Å². The molecule has 0 aliphatic carbocycles. The summed E-state index contributed by atoms with van der Waals surface area (Å²) in [5.74, 6) is 0.751. The fourth-order valence-electron chi connectivity index (χ4n) is 0.646. The van der Waals surface area contributed by atoms with Crippen molar-refractivity contribution in [3.05, 3.63) is 24.4 Å². The first-order valence-corrected chi connectivity index (χ1v) is 3.44. The van der Waals surface area contributed by atoms with E-state index >= 15 is 0 Å². The highest BCUT2D eigenvalue weighted by molar-refractivity contribution is 5.31. The highest BCUT2D eigenvalue weighted by atomic mass is 16.3. The Balaban J connectivity index is 2.28. The third kappa shape index (κ3) is 2.97. The summed E-state index contributed by atoms with van der Waals surface area (Å²) in [6.07, 6.45) is 1.70. The molecule has 4 nitrogen and oxygen atoms in total. The average molecular weight is 153 g/mol. The van der Waals surface area contributed by atoms with Gasteiger partial charge in [0.15, 0.2) is 0 Å². The molecule has 0 aromatic carbocycles. The molecule has 3 N–H and O–H groups in total. The molecule has 0 bridgehead atoms. The van der Waals surface area contributed by atoms with Gasteiger partial charge in [-0.3, -0.25) is 0 Å². The van der Waals surface area contributed by atoms with Crippen molar-refractivity contribution >= 4 is 5.82 Å². The lowest BCUT2D eigenvalue weighted by atomic mass is 10.5. The molecule has 1 heterocycles. The highest BCUT2D eigenvalue weighted by Crippen LogP contribution is 1.95. The maximum Gasteiger partial charge on any atom is 0.140 e. The van der Waals surface area contributed by atoms with E-state index < -0.39 is 0 Å². The van der Waals surface area contributed by atoms with E-state index in [0.717, 1.165) is 5.82 Å². The average Bonchev–Trinajstić information content (AvgIpc) is 2.07. The van der Waals surface area contributed by atoms with Crippen LogP contribution in [0.5, 0.6) is 0 Å². The third-order valence-electron chi connectivity index (χ3n) is 1.12. The molecule has 0 aliphatic rings. The number of rotatable bonds is 4. The van der Waals surface area contributed by atoms with Crippen molar-refractivity contribution in [2.24, 2.45) is 0 Å². The first-order chi connectivity index (χ1) is 5.43. The Labute approximate surface area is 65.2 Å². The number of hydrogen-bond donors (Lipinski definition) is 3. The number of nitrogens with one attached hydrogen (secondary N) is 2. The van der Waals surface area contributed by atoms with E-state index in [0.29, 0.717) is 6.54 Å². The molecule has 0 spiro atoms. The molecule has 4 heteroatoms. The molecule has 0 fully saturated rings. The Kier molecular flexibility index (Phi) is 3.37. The molecule has 0 radical (unpaired) electrons. The molecular weight excluding hydrogens is 142 g/mol. The van der Waals surface area contributed by atoms with Gasteiger partial charge in [-0.1, -0.05) is 6.07 Å². The van der Waals surface area contributed by atoms with Gasteiger partial charge >= 0.3 is 0 Å². The van der Waals surface area contributed by atoms with E-state index in [2.05, 4.69) is 15.8 Å². The molecule has 60 valence electrons. The maximum absolute atomic E-state index is 8.42. The van der Waals surface area contributed by atoms with Gasteiger partial charge in [0.25, 0.3) is 0 Å². The van der Waals surface area contributed by atoms with Gasteiger partial charge in [-0.15, -0.1) is 0 Å². The van der Waals surface area contributed by atoms with E-state index in [4.69, 9.17) is 5.11 Å². The molecule has 0 atom stereocenters. The zero-order valence-corrected chi connectivity index (χ0v) is 6.12. The topological polar surface area (TPSA) is 57.2 Å². The second-order valence-electron chi connectivity index (χ2n) is 1.99. The normalized spacial score (nSPS) is 9.55. The Morgan fingerprint density at radius 1 is 1.45 bits per heavy atom. The maximum atomic E-state index is 8.42. The van der Waals surface area contributed by atoms with E-state index in [1.54, 1.807) is 6.20 Å². The summed E-state index contributed by atoms with van der Waals surface area (Å²) in [6.45, 7) is 0.621. The van der Waals surface area contributed by atoms with Crippen LogP contribution >= 0.6 is 0 Å². The lowest BCUT2D eigenvalue weighted by Gasteiger charge is -2.04. The molecule has 0 saturated carbocycles. The quantitative estimate of drug-likeness (QED) is 0.420. The second kappa shape index (κ2) is 4.65. The van der Waals surface area contributed by atoms with Crippen molar-refractivity contribution in [2.75, 3.05) is 18.6 Å². The fourth-order valence-corrected chi connectivity index (χ4v) is 0.646. The van der Waals surface area contributed by atoms with Gasteiger partial charge in [0.05, 0.1) is 6.61 Å². The smallest absolute Gasteiger partial charge is 0.140 e. The minimum atomic E-state index is 0.111. The van der Waals surface area contributed by atoms with Crippen molar-refractivity contribution in [1.29, 1.82) is 0 Å². The van der Waals surface area contributed by atoms with Gasteiger partial charge in [0.1, 0.15) is 5.82 Å². The van der Waals surface area contributed by atoms with Crippen molar-refractivity contribution in [2.45, 2.75) is 0 Å². The number of hydrogen-bond acceptors (Lipinski definition) is 4. The molecule has 0 saturated heterocycles. The van der Waals surface area contributed by atoms with Crippen LogP contribution in [0, 0.1) is 0 Å². The summed E-state index contributed by atoms with van der Waals surface area (Å²) in [6, 6.07) is 5.57. The largest absolute Gasteiger partial charge is 0.395 e. The highest BCUT2D eigenvalue weighted by Gasteiger charge is 1.86. The van der Waals surface area contributed by atoms with Gasteiger partial charge in [-0.25, -0.2) is 10.4 Å². The number of pyridine rings is 1. The van der Waals surface area contributed by atoms with Crippen molar-refractivity contribution in [1.82, 2.24) is 10.4 Å². The number of nitrogens with zero attached hydrogens (tertiary/aromatic N) is 1. The Morgan fingerprint density at radius 2 is 2.36 bits per heavy atom. The molecule has 0 amide bonds. The van der Waals surface area contributed by atoms with Crippen LogP contribution in [0.3, 0.4) is 0 Å². The zero-order chi connectivity index (χ0) is 7.94. The molecule has 1 aromatic rings. The third-order valence-corrected chi connectivity index (χ3v) is 1.12. The van der Waals surface area contributed by atoms with Crippen LogP contribution in [0.4, 0.5) is 5.82 Å². The number of aromatic nitrogens is 1. The van der Waals surface area contributed by atoms with E-state index in [1.165, 1.54) is 0 Å². The van der Waals surface area contributed by atoms with E-state index in [-0.39, 0.29) is 6.61 Å². The predicted octanol–water partition coefficient (Wildman–Crippen LogP) is -0.00960. The molecule has 11 heavy (non-hydrogen) atoms. The number of hydrazine groups is 1. The van der Waals surface area contributed by atoms with Crippen LogP contribution in [0.25, 0.3) is 0 Å². The Morgan fingerprint density at radius 3 is 3.00 bits per heavy atom. The molecule has 0 unspecified atom stereocenters. The Bertz CT molecular complexity index is 190. The fraction of sp³-hybridized carbons (Fsp3) is 0.286. The van der Waals surface area contributed by atoms with Gasteiger partial charge in [-0.2, -0.15) is 0 Å². The van der Waals surface area contributed by atoms with Gasteiger partial charge in [-0.05, 0) is 12.1 Å². The summed E-state index contributed by atoms with van der Waals surface area (Å²) in [7, 11) is 0. The first-order valence-electron chi connectivity index (χ1n) is 3.44. The number of aliphatic hydroxyl groups excluding tert-OH is 1. The van der Waals surface area contributed by atoms with Gasteiger partial charge in [0, 0.05) is 12.7 Å². The Hall–Kier alpha value is -1.13. The minimum absolute atomic E-state index is 0.111. The van der Waals surface area contributed by atoms with E-state index in [9.17, 15) is 0 Å². The van der Waals surface area contributed by atoms with Crippen LogP contribution < -0.4 is 10.9 Å². The van der Waals surface area contributed by atoms with Gasteiger partial charge < -0.3 is 10.5 Å². The van der Waals surface area contributed by atoms with Gasteiger partial charge in [0.2, 0.25) is 0 Å². The molecular formula is C7H11N3O. The van der Waals surface area contributed by atoms with E-state index in [1.807, 2.05) is 18.2 Å². The molecule has 1 rings (SSSR count). The predicted molar refractivity (Wildman–Crippen MR) is 42.9 cm³/mol. The molecule has 0 aliphatic heterocycles. The van der Waals surface area contributed by atoms with Crippen molar-refractivity contribution < 1.29 is 5.11 Å². The summed E-state index contributed by atoms with van der Waals surface area (Å²) < 4.78 is 0. The van der Waals surface area contributed by atoms with Crippen LogP contribution in [0.2, 0.25) is 0 Å². The number of aliphatic hydroxyl groups is 1. The standard InChI is InChI=1S/C7H11N3O/c11-6-5-9-10-7-3-1-2-4-8-7/h1-4,9,11H,5-6H2,(H,8,10). The van der Waals surface area contributed by atoms with Crippen LogP contribution in [0.1, 0.15) is 0 Å². The minimum Gasteiger partial charge on any atom is -0.395 e. The van der Waals surface area contributed by atoms with Crippen molar-refractivity contribution in [3.63, 3.8) is 0 Å². The summed E-state index contributed by atoms with van der Waals surface area (Å²) in [5, 5.41) is 8.42. The lowest BCUT2D eigenvalue weighted by molar-refractivity contribution is 0.296. The first kappa shape index (κ1) is 7.97. The van der Waals surface area contributed by atoms with Crippen LogP contribution in [-0.4, -0.2) is 23.2 Å². The second-order valence-corrected chi connectivity index (χ2v) is 1.99. The molecule has 1 aromatic heterocycles. The van der Waals surface area contributed by atoms with Crippen molar-refractivity contribution in [3.8, 4) is 0 Å². The monoisotopic (exact) mass is 153 g/mol. The SMILES string of the molecule is OCCNNc1ccccn1. The summed E-state index contributed by atoms with van der Waals surface area (Å²) >= 11 is 0. The zero-order valence-electron chi connectivity index (χ0n) is 6.12. The number of anilines is 1. The summed E-state index contributed by atoms with van der Waals surface area (Å²) in [5.41, 5.74) is 5.61.